The molecular weight excluding hydrogens is 458 g/mol. The number of ether oxygens (including phenoxy) is 2. The summed E-state index contributed by atoms with van der Waals surface area (Å²) in [5.41, 5.74) is 5.73. The molecule has 1 amide bonds. The maximum absolute atomic E-state index is 12.8. The lowest BCUT2D eigenvalue weighted by molar-refractivity contribution is -0.113. The summed E-state index contributed by atoms with van der Waals surface area (Å²) in [5.74, 6) is 2.82. The molecule has 0 saturated carbocycles. The van der Waals surface area contributed by atoms with Gasteiger partial charge in [-0.1, -0.05) is 48.2 Å². The maximum Gasteiger partial charge on any atom is 0.234 e. The van der Waals surface area contributed by atoms with E-state index in [-0.39, 0.29) is 11.7 Å². The number of hydrogen-bond acceptors (Lipinski definition) is 6. The van der Waals surface area contributed by atoms with E-state index in [1.807, 2.05) is 74.5 Å². The van der Waals surface area contributed by atoms with Crippen LogP contribution in [0.25, 0.3) is 11.4 Å². The van der Waals surface area contributed by atoms with Crippen molar-refractivity contribution in [1.82, 2.24) is 9.97 Å². The number of nitrogens with one attached hydrogen (secondary N) is 1. The lowest BCUT2D eigenvalue weighted by atomic mass is 10.0. The van der Waals surface area contributed by atoms with Crippen LogP contribution >= 0.6 is 11.8 Å². The predicted molar refractivity (Wildman–Crippen MR) is 139 cm³/mol. The minimum Gasteiger partial charge on any atom is -0.497 e. The Balaban J connectivity index is 1.46. The van der Waals surface area contributed by atoms with Gasteiger partial charge < -0.3 is 14.8 Å². The van der Waals surface area contributed by atoms with Crippen LogP contribution in [0.3, 0.4) is 0 Å². The molecule has 1 N–H and O–H groups in total. The molecule has 5 rings (SSSR count). The van der Waals surface area contributed by atoms with Crippen molar-refractivity contribution in [2.75, 3.05) is 18.2 Å². The van der Waals surface area contributed by atoms with Gasteiger partial charge in [-0.25, -0.2) is 4.98 Å². The zero-order valence-corrected chi connectivity index (χ0v) is 20.6. The Hall–Kier alpha value is -3.84. The topological polar surface area (TPSA) is 73.3 Å². The highest BCUT2D eigenvalue weighted by molar-refractivity contribution is 8.00. The van der Waals surface area contributed by atoms with Crippen LogP contribution in [0.4, 0.5) is 5.69 Å². The van der Waals surface area contributed by atoms with E-state index in [2.05, 4.69) is 11.4 Å². The van der Waals surface area contributed by atoms with Gasteiger partial charge in [0.25, 0.3) is 0 Å². The van der Waals surface area contributed by atoms with Gasteiger partial charge in [0.2, 0.25) is 11.8 Å². The zero-order chi connectivity index (χ0) is 24.4. The fourth-order valence-electron chi connectivity index (χ4n) is 3.99. The normalized spacial score (nSPS) is 11.7. The molecule has 0 unspecified atom stereocenters. The van der Waals surface area contributed by atoms with Crippen LogP contribution in [0.1, 0.15) is 22.3 Å². The van der Waals surface area contributed by atoms with Gasteiger partial charge in [-0.15, -0.1) is 0 Å². The van der Waals surface area contributed by atoms with Crippen molar-refractivity contribution in [2.45, 2.75) is 25.3 Å². The van der Waals surface area contributed by atoms with Crippen LogP contribution in [0.2, 0.25) is 0 Å². The molecule has 1 aromatic heterocycles. The van der Waals surface area contributed by atoms with Gasteiger partial charge in [0, 0.05) is 17.7 Å². The Labute approximate surface area is 208 Å². The molecule has 0 atom stereocenters. The number of benzene rings is 3. The number of amides is 1. The largest absolute Gasteiger partial charge is 0.497 e. The number of carbonyl (C=O) groups excluding carboxylic acids is 1. The summed E-state index contributed by atoms with van der Waals surface area (Å²) in [6.07, 6.45) is 0.650. The third-order valence-corrected chi connectivity index (χ3v) is 6.92. The van der Waals surface area contributed by atoms with Crippen LogP contribution < -0.4 is 14.8 Å². The van der Waals surface area contributed by atoms with E-state index < -0.39 is 0 Å². The molecule has 0 aliphatic carbocycles. The van der Waals surface area contributed by atoms with Crippen LogP contribution in [0.5, 0.6) is 17.4 Å². The number of methoxy groups -OCH3 is 1. The number of thioether (sulfide) groups is 1. The van der Waals surface area contributed by atoms with E-state index in [1.54, 1.807) is 7.11 Å². The van der Waals surface area contributed by atoms with E-state index in [1.165, 1.54) is 11.8 Å². The summed E-state index contributed by atoms with van der Waals surface area (Å²) in [6.45, 7) is 4.00. The summed E-state index contributed by atoms with van der Waals surface area (Å²) >= 11 is 1.40. The molecule has 7 heteroatoms. The Bertz CT molecular complexity index is 1400. The molecule has 6 nitrogen and oxygen atoms in total. The van der Waals surface area contributed by atoms with E-state index >= 15 is 0 Å². The minimum atomic E-state index is -0.0874. The highest BCUT2D eigenvalue weighted by Crippen LogP contribution is 2.41. The van der Waals surface area contributed by atoms with Crippen LogP contribution in [0, 0.1) is 13.8 Å². The lowest BCUT2D eigenvalue weighted by Gasteiger charge is -2.23. The van der Waals surface area contributed by atoms with E-state index in [0.29, 0.717) is 18.1 Å². The van der Waals surface area contributed by atoms with Gasteiger partial charge in [-0.2, -0.15) is 4.98 Å². The van der Waals surface area contributed by atoms with Crippen molar-refractivity contribution in [3.8, 4) is 28.8 Å². The first-order valence-corrected chi connectivity index (χ1v) is 12.3. The van der Waals surface area contributed by atoms with Crippen molar-refractivity contribution < 1.29 is 14.3 Å². The van der Waals surface area contributed by atoms with E-state index in [4.69, 9.17) is 19.4 Å². The van der Waals surface area contributed by atoms with Crippen molar-refractivity contribution >= 4 is 23.4 Å². The Morgan fingerprint density at radius 3 is 2.54 bits per heavy atom. The molecule has 35 heavy (non-hydrogen) atoms. The second-order valence-corrected chi connectivity index (χ2v) is 9.32. The summed E-state index contributed by atoms with van der Waals surface area (Å²) in [6, 6.07) is 21.4. The first-order chi connectivity index (χ1) is 17.0. The number of fused-ring (bicyclic) bond motifs is 2. The minimum absolute atomic E-state index is 0.0874. The van der Waals surface area contributed by atoms with Gasteiger partial charge in [0.1, 0.15) is 16.5 Å². The number of rotatable bonds is 6. The Kier molecular flexibility index (Phi) is 6.42. The van der Waals surface area contributed by atoms with Crippen LogP contribution in [0.15, 0.2) is 71.8 Å². The summed E-state index contributed by atoms with van der Waals surface area (Å²) in [7, 11) is 1.63. The predicted octanol–water partition coefficient (Wildman–Crippen LogP) is 6.20. The van der Waals surface area contributed by atoms with Crippen LogP contribution in [-0.2, 0) is 11.2 Å². The van der Waals surface area contributed by atoms with Gasteiger partial charge >= 0.3 is 0 Å². The molecule has 0 spiro atoms. The number of anilines is 1. The number of carbonyl (C=O) groups is 1. The fourth-order valence-corrected chi connectivity index (χ4v) is 4.81. The first kappa shape index (κ1) is 22.9. The quantitative estimate of drug-likeness (QED) is 0.229. The molecule has 1 aliphatic rings. The molecular formula is C28H25N3O3S. The van der Waals surface area contributed by atoms with Crippen molar-refractivity contribution in [3.05, 3.63) is 89.0 Å². The van der Waals surface area contributed by atoms with E-state index in [9.17, 15) is 4.79 Å². The molecule has 4 aromatic rings. The highest BCUT2D eigenvalue weighted by atomic mass is 32.2. The summed E-state index contributed by atoms with van der Waals surface area (Å²) in [5, 5.41) is 3.74. The standard InChI is InChI=1S/C28H25N3O3S/c1-17-7-4-5-10-23(17)29-24(32)16-35-28-22-15-20-9-6-8-18(2)25(20)34-27(22)30-26(31-28)19-11-13-21(33-3)14-12-19/h4-14H,15-16H2,1-3H3,(H,29,32). The number of aryl methyl sites for hydroxylation is 2. The average molecular weight is 484 g/mol. The smallest absolute Gasteiger partial charge is 0.234 e. The lowest BCUT2D eigenvalue weighted by Crippen LogP contribution is -2.16. The summed E-state index contributed by atoms with van der Waals surface area (Å²) < 4.78 is 11.6. The van der Waals surface area contributed by atoms with Gasteiger partial charge in [0.05, 0.1) is 18.4 Å². The molecule has 176 valence electrons. The van der Waals surface area contributed by atoms with Gasteiger partial charge in [-0.05, 0) is 60.9 Å². The summed E-state index contributed by atoms with van der Waals surface area (Å²) in [4.78, 5) is 22.4. The van der Waals surface area contributed by atoms with Crippen molar-refractivity contribution in [3.63, 3.8) is 0 Å². The molecule has 0 radical (unpaired) electrons. The first-order valence-electron chi connectivity index (χ1n) is 11.3. The number of nitrogens with zero attached hydrogens (tertiary/aromatic N) is 2. The van der Waals surface area contributed by atoms with Crippen molar-refractivity contribution in [2.24, 2.45) is 0 Å². The molecule has 1 aliphatic heterocycles. The number of hydrogen-bond donors (Lipinski definition) is 1. The Morgan fingerprint density at radius 2 is 1.77 bits per heavy atom. The van der Waals surface area contributed by atoms with Gasteiger partial charge in [-0.3, -0.25) is 4.79 Å². The molecule has 2 heterocycles. The second-order valence-electron chi connectivity index (χ2n) is 8.36. The maximum atomic E-state index is 12.8. The average Bonchev–Trinajstić information content (AvgIpc) is 2.88. The highest BCUT2D eigenvalue weighted by Gasteiger charge is 2.25. The zero-order valence-electron chi connectivity index (χ0n) is 19.8. The molecule has 0 saturated heterocycles. The second kappa shape index (κ2) is 9.80. The molecule has 0 fully saturated rings. The monoisotopic (exact) mass is 483 g/mol. The van der Waals surface area contributed by atoms with Gasteiger partial charge in [0.15, 0.2) is 5.82 Å². The third kappa shape index (κ3) is 4.86. The number of aromatic nitrogens is 2. The van der Waals surface area contributed by atoms with E-state index in [0.717, 1.165) is 50.0 Å². The van der Waals surface area contributed by atoms with Crippen LogP contribution in [-0.4, -0.2) is 28.7 Å². The third-order valence-electron chi connectivity index (χ3n) is 5.90. The van der Waals surface area contributed by atoms with Crippen molar-refractivity contribution in [1.29, 1.82) is 0 Å². The molecule has 0 bridgehead atoms. The fraction of sp³-hybridized carbons (Fsp3) is 0.179. The molecule has 3 aromatic carbocycles. The number of para-hydroxylation sites is 2. The SMILES string of the molecule is COc1ccc(-c2nc3c(c(SCC(=O)Nc4ccccc4C)n2)Cc2cccc(C)c2O3)cc1. The Morgan fingerprint density at radius 1 is 1.00 bits per heavy atom.